The van der Waals surface area contributed by atoms with Gasteiger partial charge in [0.05, 0.1) is 10.3 Å². The number of esters is 1. The first-order chi connectivity index (χ1) is 13.0. The molecule has 5 nitrogen and oxygen atoms in total. The summed E-state index contributed by atoms with van der Waals surface area (Å²) >= 11 is 1.28. The van der Waals surface area contributed by atoms with Crippen molar-refractivity contribution < 1.29 is 17.9 Å². The van der Waals surface area contributed by atoms with Gasteiger partial charge in [0.1, 0.15) is 10.5 Å². The average molecular weight is 394 g/mol. The lowest BCUT2D eigenvalue weighted by atomic mass is 10.0. The predicted molar refractivity (Wildman–Crippen MR) is 102 cm³/mol. The molecule has 0 unspecified atom stereocenters. The molecular formula is C20H10O5S2. The van der Waals surface area contributed by atoms with Crippen LogP contribution in [0.4, 0.5) is 0 Å². The van der Waals surface area contributed by atoms with E-state index in [1.807, 2.05) is 0 Å². The monoisotopic (exact) mass is 394 g/mol. The molecule has 0 saturated heterocycles. The number of carbonyl (C=O) groups is 1. The van der Waals surface area contributed by atoms with Crippen LogP contribution in [0.5, 0.6) is 5.75 Å². The Morgan fingerprint density at radius 1 is 0.852 bits per heavy atom. The minimum Gasteiger partial charge on any atom is -0.420 e. The van der Waals surface area contributed by atoms with Crippen molar-refractivity contribution >= 4 is 47.3 Å². The van der Waals surface area contributed by atoms with Crippen LogP contribution in [-0.2, 0) is 9.84 Å². The number of fused-ring (bicyclic) bond motifs is 4. The summed E-state index contributed by atoms with van der Waals surface area (Å²) in [6.45, 7) is 0. The van der Waals surface area contributed by atoms with Crippen molar-refractivity contribution in [2.45, 2.75) is 9.79 Å². The van der Waals surface area contributed by atoms with E-state index in [9.17, 15) is 18.0 Å². The van der Waals surface area contributed by atoms with Crippen molar-refractivity contribution in [1.82, 2.24) is 0 Å². The fraction of sp³-hybridized carbons (Fsp3) is 0. The van der Waals surface area contributed by atoms with Gasteiger partial charge in [0.2, 0.25) is 9.84 Å². The molecule has 5 rings (SSSR count). The number of sulfone groups is 1. The number of hydrogen-bond donors (Lipinski definition) is 0. The third kappa shape index (κ3) is 2.19. The first-order valence-corrected chi connectivity index (χ1v) is 10.3. The van der Waals surface area contributed by atoms with E-state index in [0.29, 0.717) is 10.1 Å². The van der Waals surface area contributed by atoms with Gasteiger partial charge in [0, 0.05) is 14.8 Å². The summed E-state index contributed by atoms with van der Waals surface area (Å²) in [4.78, 5) is 25.0. The first kappa shape index (κ1) is 16.2. The van der Waals surface area contributed by atoms with Crippen LogP contribution in [0.2, 0.25) is 0 Å². The fourth-order valence-electron chi connectivity index (χ4n) is 3.24. The van der Waals surface area contributed by atoms with Crippen molar-refractivity contribution in [2.75, 3.05) is 0 Å². The normalized spacial score (nSPS) is 13.3. The molecule has 0 spiro atoms. The van der Waals surface area contributed by atoms with Gasteiger partial charge in [0.15, 0.2) is 11.2 Å². The van der Waals surface area contributed by atoms with Gasteiger partial charge < -0.3 is 4.74 Å². The molecule has 4 aromatic rings. The molecular weight excluding hydrogens is 384 g/mol. The topological polar surface area (TPSA) is 77.5 Å². The zero-order valence-electron chi connectivity index (χ0n) is 13.6. The fourth-order valence-corrected chi connectivity index (χ4v) is 5.87. The van der Waals surface area contributed by atoms with Crippen LogP contribution < -0.4 is 10.2 Å². The Kier molecular flexibility index (Phi) is 3.28. The van der Waals surface area contributed by atoms with Crippen LogP contribution in [0.1, 0.15) is 10.4 Å². The third-order valence-corrected chi connectivity index (χ3v) is 7.42. The number of ether oxygens (including phenoxy) is 1. The van der Waals surface area contributed by atoms with Crippen LogP contribution in [-0.4, -0.2) is 14.4 Å². The molecule has 0 bridgehead atoms. The lowest BCUT2D eigenvalue weighted by molar-refractivity contribution is 0.0655. The first-order valence-electron chi connectivity index (χ1n) is 8.03. The number of hydrogen-bond acceptors (Lipinski definition) is 6. The maximum Gasteiger partial charge on any atom is 0.348 e. The SMILES string of the molecule is O=C1Oc2c(S(=O)(=O)c3ccccc3)cc3sc4ccccc4c(=O)c3c21. The minimum atomic E-state index is -3.89. The van der Waals surface area contributed by atoms with Crippen molar-refractivity contribution in [1.29, 1.82) is 0 Å². The van der Waals surface area contributed by atoms with Gasteiger partial charge in [-0.3, -0.25) is 4.79 Å². The largest absolute Gasteiger partial charge is 0.420 e. The summed E-state index contributed by atoms with van der Waals surface area (Å²) in [7, 11) is -3.89. The second-order valence-corrected chi connectivity index (χ2v) is 9.09. The highest BCUT2D eigenvalue weighted by atomic mass is 32.2. The van der Waals surface area contributed by atoms with E-state index >= 15 is 0 Å². The van der Waals surface area contributed by atoms with Gasteiger partial charge in [-0.1, -0.05) is 30.3 Å². The highest BCUT2D eigenvalue weighted by Gasteiger charge is 2.38. The summed E-state index contributed by atoms with van der Waals surface area (Å²) in [5.41, 5.74) is -0.245. The van der Waals surface area contributed by atoms with E-state index in [1.54, 1.807) is 42.5 Å². The van der Waals surface area contributed by atoms with Crippen molar-refractivity contribution in [3.05, 3.63) is 76.5 Å². The average Bonchev–Trinajstić information content (AvgIpc) is 2.67. The molecule has 0 amide bonds. The Morgan fingerprint density at radius 2 is 1.56 bits per heavy atom. The third-order valence-electron chi connectivity index (χ3n) is 4.53. The van der Waals surface area contributed by atoms with E-state index in [0.717, 1.165) is 4.70 Å². The number of rotatable bonds is 2. The zero-order valence-corrected chi connectivity index (χ0v) is 15.3. The van der Waals surface area contributed by atoms with Crippen LogP contribution in [0.25, 0.3) is 20.2 Å². The minimum absolute atomic E-state index is 0.0454. The van der Waals surface area contributed by atoms with Crippen molar-refractivity contribution in [3.63, 3.8) is 0 Å². The maximum absolute atomic E-state index is 13.1. The Morgan fingerprint density at radius 3 is 2.30 bits per heavy atom. The molecule has 0 N–H and O–H groups in total. The van der Waals surface area contributed by atoms with Gasteiger partial charge >= 0.3 is 5.97 Å². The molecule has 1 aromatic heterocycles. The predicted octanol–water partition coefficient (Wildman–Crippen LogP) is 3.78. The molecule has 1 aliphatic rings. The van der Waals surface area contributed by atoms with Crippen LogP contribution in [0, 0.1) is 0 Å². The summed E-state index contributed by atoms with van der Waals surface area (Å²) in [5.74, 6) is -0.726. The molecule has 0 aliphatic carbocycles. The van der Waals surface area contributed by atoms with Gasteiger partial charge in [-0.15, -0.1) is 11.3 Å². The Labute approximate surface area is 157 Å². The quantitative estimate of drug-likeness (QED) is 0.382. The molecule has 132 valence electrons. The summed E-state index contributed by atoms with van der Waals surface area (Å²) in [5, 5.41) is 0.715. The molecule has 2 heterocycles. The standard InChI is InChI=1S/C20H10O5S2/c21-18-12-8-4-5-9-13(12)26-14-10-15(19-17(16(14)18)20(22)25-19)27(23,24)11-6-2-1-3-7-11/h1-10H. The molecule has 0 atom stereocenters. The van der Waals surface area contributed by atoms with Crippen molar-refractivity contribution in [2.24, 2.45) is 0 Å². The Hall–Kier alpha value is -3.03. The number of carbonyl (C=O) groups excluding carboxylic acids is 1. The molecule has 0 radical (unpaired) electrons. The summed E-state index contributed by atoms with van der Waals surface area (Å²) in [6.07, 6.45) is 0. The van der Waals surface area contributed by atoms with Crippen LogP contribution >= 0.6 is 11.3 Å². The van der Waals surface area contributed by atoms with Gasteiger partial charge in [-0.2, -0.15) is 0 Å². The van der Waals surface area contributed by atoms with Gasteiger partial charge in [0.25, 0.3) is 0 Å². The summed E-state index contributed by atoms with van der Waals surface area (Å²) < 4.78 is 32.4. The molecule has 0 fully saturated rings. The molecule has 0 saturated carbocycles. The Balaban J connectivity index is 1.92. The molecule has 7 heteroatoms. The van der Waals surface area contributed by atoms with E-state index < -0.39 is 15.8 Å². The zero-order chi connectivity index (χ0) is 18.8. The van der Waals surface area contributed by atoms with Crippen LogP contribution in [0.3, 0.4) is 0 Å². The summed E-state index contributed by atoms with van der Waals surface area (Å²) in [6, 6.07) is 16.4. The van der Waals surface area contributed by atoms with E-state index in [4.69, 9.17) is 4.74 Å². The van der Waals surface area contributed by atoms with E-state index in [1.165, 1.54) is 29.5 Å². The molecule has 3 aromatic carbocycles. The highest BCUT2D eigenvalue weighted by Crippen LogP contribution is 2.44. The van der Waals surface area contributed by atoms with E-state index in [-0.39, 0.29) is 31.9 Å². The second-order valence-electron chi connectivity index (χ2n) is 6.09. The van der Waals surface area contributed by atoms with E-state index in [2.05, 4.69) is 0 Å². The van der Waals surface area contributed by atoms with Crippen molar-refractivity contribution in [3.8, 4) is 5.75 Å². The van der Waals surface area contributed by atoms with Crippen LogP contribution in [0.15, 0.2) is 75.2 Å². The Bertz CT molecular complexity index is 1430. The second kappa shape index (κ2) is 5.48. The van der Waals surface area contributed by atoms with Gasteiger partial charge in [-0.25, -0.2) is 13.2 Å². The molecule has 1 aliphatic heterocycles. The smallest absolute Gasteiger partial charge is 0.348 e. The highest BCUT2D eigenvalue weighted by molar-refractivity contribution is 7.91. The lowest BCUT2D eigenvalue weighted by Gasteiger charge is -2.22. The molecule has 27 heavy (non-hydrogen) atoms. The number of benzene rings is 3. The lowest BCUT2D eigenvalue weighted by Crippen LogP contribution is -2.26. The maximum atomic E-state index is 13.1. The van der Waals surface area contributed by atoms with Gasteiger partial charge in [-0.05, 0) is 30.3 Å².